The van der Waals surface area contributed by atoms with Crippen LogP contribution in [0.4, 0.5) is 4.39 Å². The first kappa shape index (κ1) is 20.0. The lowest BCUT2D eigenvalue weighted by molar-refractivity contribution is -0.129. The van der Waals surface area contributed by atoms with E-state index in [1.165, 1.54) is 28.6 Å². The molecule has 146 valence electrons. The Morgan fingerprint density at radius 3 is 2.79 bits per heavy atom. The molecule has 0 bridgehead atoms. The summed E-state index contributed by atoms with van der Waals surface area (Å²) in [5.74, 6) is -0.278. The van der Waals surface area contributed by atoms with Gasteiger partial charge in [0.25, 0.3) is 0 Å². The zero-order chi connectivity index (χ0) is 19.8. The van der Waals surface area contributed by atoms with E-state index in [-0.39, 0.29) is 17.5 Å². The molecule has 0 radical (unpaired) electrons. The molecule has 0 N–H and O–H groups in total. The molecule has 0 spiro atoms. The van der Waals surface area contributed by atoms with Crippen molar-refractivity contribution in [2.24, 2.45) is 0 Å². The summed E-state index contributed by atoms with van der Waals surface area (Å²) in [7, 11) is 1.60. The van der Waals surface area contributed by atoms with Gasteiger partial charge < -0.3 is 9.64 Å². The Morgan fingerprint density at radius 1 is 1.21 bits per heavy atom. The normalized spacial score (nSPS) is 10.8. The van der Waals surface area contributed by atoms with Crippen molar-refractivity contribution in [3.63, 3.8) is 0 Å². The van der Waals surface area contributed by atoms with Crippen molar-refractivity contribution in [1.82, 2.24) is 25.1 Å². The highest BCUT2D eigenvalue weighted by Crippen LogP contribution is 2.19. The molecule has 0 fully saturated rings. The molecule has 3 rings (SSSR count). The van der Waals surface area contributed by atoms with Crippen LogP contribution in [-0.4, -0.2) is 57.0 Å². The van der Waals surface area contributed by atoms with Gasteiger partial charge in [0.15, 0.2) is 0 Å². The number of thioether (sulfide) groups is 1. The fourth-order valence-corrected chi connectivity index (χ4v) is 3.35. The molecule has 0 atom stereocenters. The van der Waals surface area contributed by atoms with Crippen LogP contribution >= 0.6 is 11.8 Å². The smallest absolute Gasteiger partial charge is 0.233 e. The number of hydrogen-bond acceptors (Lipinski definition) is 6. The topological polar surface area (TPSA) is 73.1 Å². The van der Waals surface area contributed by atoms with Crippen LogP contribution in [0.3, 0.4) is 0 Å². The standard InChI is InChI=1S/C19H20FN5O2S/c1-27-11-10-24(13-15-6-3-2-4-7-15)18(26)14-28-19-21-22-23-25(19)17-9-5-8-16(20)12-17/h2-9,12H,10-11,13-14H2,1H3. The number of tetrazole rings is 1. The average Bonchev–Trinajstić information content (AvgIpc) is 3.19. The number of aromatic nitrogens is 4. The summed E-state index contributed by atoms with van der Waals surface area (Å²) >= 11 is 1.21. The predicted molar refractivity (Wildman–Crippen MR) is 104 cm³/mol. The first-order valence-electron chi connectivity index (χ1n) is 8.65. The molecule has 2 aromatic carbocycles. The van der Waals surface area contributed by atoms with Crippen molar-refractivity contribution in [2.75, 3.05) is 26.0 Å². The third kappa shape index (κ3) is 5.37. The fraction of sp³-hybridized carbons (Fsp3) is 0.263. The van der Waals surface area contributed by atoms with Gasteiger partial charge in [0, 0.05) is 20.2 Å². The highest BCUT2D eigenvalue weighted by molar-refractivity contribution is 7.99. The van der Waals surface area contributed by atoms with E-state index in [9.17, 15) is 9.18 Å². The summed E-state index contributed by atoms with van der Waals surface area (Å²) in [6.07, 6.45) is 0. The maximum absolute atomic E-state index is 13.5. The lowest BCUT2D eigenvalue weighted by Crippen LogP contribution is -2.34. The quantitative estimate of drug-likeness (QED) is 0.513. The molecule has 0 saturated heterocycles. The maximum atomic E-state index is 13.5. The summed E-state index contributed by atoms with van der Waals surface area (Å²) in [4.78, 5) is 14.5. The SMILES string of the molecule is COCCN(Cc1ccccc1)C(=O)CSc1nnnn1-c1cccc(F)c1. The van der Waals surface area contributed by atoms with E-state index in [4.69, 9.17) is 4.74 Å². The Hall–Kier alpha value is -2.78. The summed E-state index contributed by atoms with van der Waals surface area (Å²) in [5.41, 5.74) is 1.54. The fourth-order valence-electron chi connectivity index (χ4n) is 2.55. The minimum Gasteiger partial charge on any atom is -0.383 e. The van der Waals surface area contributed by atoms with Crippen LogP contribution in [0.25, 0.3) is 5.69 Å². The monoisotopic (exact) mass is 401 g/mol. The largest absolute Gasteiger partial charge is 0.383 e. The van der Waals surface area contributed by atoms with Crippen molar-refractivity contribution >= 4 is 17.7 Å². The highest BCUT2D eigenvalue weighted by atomic mass is 32.2. The van der Waals surface area contributed by atoms with Crippen molar-refractivity contribution in [1.29, 1.82) is 0 Å². The second kappa shape index (κ2) is 9.95. The van der Waals surface area contributed by atoms with E-state index < -0.39 is 0 Å². The second-order valence-electron chi connectivity index (χ2n) is 5.94. The third-order valence-electron chi connectivity index (χ3n) is 3.95. The number of nitrogens with zero attached hydrogens (tertiary/aromatic N) is 5. The summed E-state index contributed by atoms with van der Waals surface area (Å²) < 4.78 is 20.0. The number of rotatable bonds is 9. The Morgan fingerprint density at radius 2 is 2.04 bits per heavy atom. The summed E-state index contributed by atoms with van der Waals surface area (Å²) in [6.45, 7) is 1.43. The zero-order valence-corrected chi connectivity index (χ0v) is 16.2. The molecule has 9 heteroatoms. The maximum Gasteiger partial charge on any atom is 0.233 e. The molecule has 0 saturated carbocycles. The van der Waals surface area contributed by atoms with Crippen LogP contribution < -0.4 is 0 Å². The molecule has 0 aliphatic heterocycles. The van der Waals surface area contributed by atoms with Gasteiger partial charge in [0.1, 0.15) is 5.82 Å². The molecule has 1 heterocycles. The van der Waals surface area contributed by atoms with E-state index >= 15 is 0 Å². The molecule has 0 aliphatic rings. The number of benzene rings is 2. The molecule has 3 aromatic rings. The van der Waals surface area contributed by atoms with Crippen molar-refractivity contribution in [3.8, 4) is 5.69 Å². The minimum atomic E-state index is -0.381. The van der Waals surface area contributed by atoms with Gasteiger partial charge in [-0.15, -0.1) is 5.10 Å². The average molecular weight is 401 g/mol. The molecular weight excluding hydrogens is 381 g/mol. The lowest BCUT2D eigenvalue weighted by Gasteiger charge is -2.22. The van der Waals surface area contributed by atoms with Gasteiger partial charge in [0.2, 0.25) is 11.1 Å². The van der Waals surface area contributed by atoms with E-state index in [0.29, 0.717) is 30.5 Å². The Bertz CT molecular complexity index is 906. The van der Waals surface area contributed by atoms with E-state index in [1.807, 2.05) is 30.3 Å². The number of amides is 1. The Labute approximate surface area is 166 Å². The molecule has 7 nitrogen and oxygen atoms in total. The van der Waals surface area contributed by atoms with Gasteiger partial charge in [-0.1, -0.05) is 48.2 Å². The number of carbonyl (C=O) groups excluding carboxylic acids is 1. The zero-order valence-electron chi connectivity index (χ0n) is 15.4. The van der Waals surface area contributed by atoms with Crippen LogP contribution in [0, 0.1) is 5.82 Å². The van der Waals surface area contributed by atoms with Gasteiger partial charge in [-0.3, -0.25) is 4.79 Å². The lowest BCUT2D eigenvalue weighted by atomic mass is 10.2. The number of ether oxygens (including phenoxy) is 1. The van der Waals surface area contributed by atoms with Crippen molar-refractivity contribution in [3.05, 3.63) is 66.0 Å². The summed E-state index contributed by atoms with van der Waals surface area (Å²) in [6, 6.07) is 15.7. The highest BCUT2D eigenvalue weighted by Gasteiger charge is 2.17. The second-order valence-corrected chi connectivity index (χ2v) is 6.88. The van der Waals surface area contributed by atoms with Crippen LogP contribution in [0.15, 0.2) is 59.8 Å². The number of halogens is 1. The van der Waals surface area contributed by atoms with Crippen LogP contribution in [-0.2, 0) is 16.1 Å². The molecular formula is C19H20FN5O2S. The van der Waals surface area contributed by atoms with E-state index in [1.54, 1.807) is 24.1 Å². The van der Waals surface area contributed by atoms with Gasteiger partial charge in [-0.2, -0.15) is 4.68 Å². The van der Waals surface area contributed by atoms with Crippen LogP contribution in [0.1, 0.15) is 5.56 Å². The number of carbonyl (C=O) groups is 1. The molecule has 0 aliphatic carbocycles. The van der Waals surface area contributed by atoms with E-state index in [0.717, 1.165) is 5.56 Å². The predicted octanol–water partition coefficient (Wildman–Crippen LogP) is 2.57. The van der Waals surface area contributed by atoms with Gasteiger partial charge in [-0.05, 0) is 34.2 Å². The minimum absolute atomic E-state index is 0.0558. The molecule has 1 aromatic heterocycles. The number of hydrogen-bond donors (Lipinski definition) is 0. The molecule has 1 amide bonds. The first-order chi connectivity index (χ1) is 13.7. The van der Waals surface area contributed by atoms with Crippen molar-refractivity contribution < 1.29 is 13.9 Å². The van der Waals surface area contributed by atoms with Gasteiger partial charge in [-0.25, -0.2) is 4.39 Å². The number of methoxy groups -OCH3 is 1. The third-order valence-corrected chi connectivity index (χ3v) is 4.86. The molecule has 28 heavy (non-hydrogen) atoms. The van der Waals surface area contributed by atoms with Gasteiger partial charge in [0.05, 0.1) is 18.0 Å². The Kier molecular flexibility index (Phi) is 7.10. The molecule has 0 unspecified atom stereocenters. The van der Waals surface area contributed by atoms with Crippen LogP contribution in [0.5, 0.6) is 0 Å². The summed E-state index contributed by atoms with van der Waals surface area (Å²) in [5, 5.41) is 11.9. The van der Waals surface area contributed by atoms with Crippen molar-refractivity contribution in [2.45, 2.75) is 11.7 Å². The Balaban J connectivity index is 1.67. The van der Waals surface area contributed by atoms with Crippen LogP contribution in [0.2, 0.25) is 0 Å². The van der Waals surface area contributed by atoms with E-state index in [2.05, 4.69) is 15.5 Å². The first-order valence-corrected chi connectivity index (χ1v) is 9.63. The van der Waals surface area contributed by atoms with Gasteiger partial charge >= 0.3 is 0 Å².